The summed E-state index contributed by atoms with van der Waals surface area (Å²) >= 11 is 0. The highest BCUT2D eigenvalue weighted by molar-refractivity contribution is 6.62. The van der Waals surface area contributed by atoms with Crippen LogP contribution in [0.3, 0.4) is 0 Å². The van der Waals surface area contributed by atoms with Crippen LogP contribution in [0.1, 0.15) is 52.7 Å². The molecule has 0 N–H and O–H groups in total. The van der Waals surface area contributed by atoms with Gasteiger partial charge in [0.1, 0.15) is 11.2 Å². The van der Waals surface area contributed by atoms with Crippen LogP contribution in [0.4, 0.5) is 17.1 Å². The average Bonchev–Trinajstić information content (AvgIpc) is 3.68. The molecular weight excluding hydrogens is 613 g/mol. The Morgan fingerprint density at radius 2 is 1.04 bits per heavy atom. The van der Waals surface area contributed by atoms with Gasteiger partial charge in [0.15, 0.2) is 0 Å². The minimum Gasteiger partial charge on any atom is -0.456 e. The lowest BCUT2D eigenvalue weighted by atomic mass is 9.79. The molecule has 4 nitrogen and oxygen atoms in total. The fourth-order valence-corrected chi connectivity index (χ4v) is 7.76. The van der Waals surface area contributed by atoms with E-state index in [1.54, 1.807) is 0 Å². The maximum absolute atomic E-state index is 6.61. The number of furan rings is 1. The van der Waals surface area contributed by atoms with Crippen LogP contribution in [0, 0.1) is 0 Å². The zero-order valence-corrected chi connectivity index (χ0v) is 29.5. The summed E-state index contributed by atoms with van der Waals surface area (Å²) in [6.45, 7) is 13.0. The summed E-state index contributed by atoms with van der Waals surface area (Å²) in [5, 5.41) is 2.15. The molecular formula is C45H40BNO3. The molecule has 2 heterocycles. The van der Waals surface area contributed by atoms with E-state index in [4.69, 9.17) is 13.7 Å². The van der Waals surface area contributed by atoms with Gasteiger partial charge in [0.05, 0.1) is 11.2 Å². The lowest BCUT2D eigenvalue weighted by molar-refractivity contribution is 0.00578. The van der Waals surface area contributed by atoms with Crippen molar-refractivity contribution in [2.75, 3.05) is 4.90 Å². The Morgan fingerprint density at radius 3 is 1.78 bits per heavy atom. The van der Waals surface area contributed by atoms with Crippen LogP contribution >= 0.6 is 0 Å². The minimum atomic E-state index is -0.447. The summed E-state index contributed by atoms with van der Waals surface area (Å²) < 4.78 is 19.3. The first-order valence-electron chi connectivity index (χ1n) is 17.5. The molecule has 0 amide bonds. The fraction of sp³-hybridized carbons (Fsp3) is 0.200. The maximum Gasteiger partial charge on any atom is 0.494 e. The smallest absolute Gasteiger partial charge is 0.456 e. The van der Waals surface area contributed by atoms with E-state index in [0.29, 0.717) is 0 Å². The highest BCUT2D eigenvalue weighted by Crippen LogP contribution is 2.51. The molecule has 9 rings (SSSR count). The molecule has 2 aliphatic rings. The highest BCUT2D eigenvalue weighted by atomic mass is 16.7. The Bertz CT molecular complexity index is 2410. The van der Waals surface area contributed by atoms with Gasteiger partial charge in [-0.05, 0) is 109 Å². The Hall–Kier alpha value is -5.10. The topological polar surface area (TPSA) is 34.8 Å². The van der Waals surface area contributed by atoms with Crippen LogP contribution in [0.25, 0.3) is 44.2 Å². The van der Waals surface area contributed by atoms with Crippen molar-refractivity contribution in [3.05, 3.63) is 145 Å². The van der Waals surface area contributed by atoms with Crippen LogP contribution in [0.15, 0.2) is 138 Å². The van der Waals surface area contributed by atoms with Crippen molar-refractivity contribution < 1.29 is 13.7 Å². The molecule has 6 aromatic carbocycles. The Morgan fingerprint density at radius 1 is 0.480 bits per heavy atom. The molecule has 1 aliphatic heterocycles. The molecule has 0 spiro atoms. The van der Waals surface area contributed by atoms with E-state index in [0.717, 1.165) is 44.5 Å². The zero-order chi connectivity index (χ0) is 34.4. The van der Waals surface area contributed by atoms with Crippen LogP contribution < -0.4 is 10.4 Å². The van der Waals surface area contributed by atoms with Crippen molar-refractivity contribution in [1.82, 2.24) is 0 Å². The molecule has 1 fully saturated rings. The second-order valence-electron chi connectivity index (χ2n) is 15.3. The van der Waals surface area contributed by atoms with Crippen molar-refractivity contribution in [2.45, 2.75) is 58.2 Å². The summed E-state index contributed by atoms with van der Waals surface area (Å²) in [5.41, 5.74) is 12.6. The van der Waals surface area contributed by atoms with E-state index >= 15 is 0 Å². The molecule has 0 radical (unpaired) electrons. The van der Waals surface area contributed by atoms with Gasteiger partial charge >= 0.3 is 7.12 Å². The Kier molecular flexibility index (Phi) is 6.77. The van der Waals surface area contributed by atoms with E-state index in [9.17, 15) is 0 Å². The second-order valence-corrected chi connectivity index (χ2v) is 15.3. The number of rotatable bonds is 5. The van der Waals surface area contributed by atoms with E-state index in [1.807, 2.05) is 0 Å². The molecule has 50 heavy (non-hydrogen) atoms. The van der Waals surface area contributed by atoms with E-state index in [1.165, 1.54) is 33.4 Å². The number of anilines is 3. The van der Waals surface area contributed by atoms with Gasteiger partial charge in [-0.25, -0.2) is 0 Å². The normalized spacial score (nSPS) is 16.9. The number of hydrogen-bond acceptors (Lipinski definition) is 4. The minimum absolute atomic E-state index is 0.109. The molecule has 0 atom stereocenters. The summed E-state index contributed by atoms with van der Waals surface area (Å²) in [6, 6.07) is 48.0. The number of hydrogen-bond donors (Lipinski definition) is 0. The van der Waals surface area contributed by atoms with Gasteiger partial charge in [-0.2, -0.15) is 0 Å². The molecule has 1 aromatic heterocycles. The number of nitrogens with zero attached hydrogens (tertiary/aromatic N) is 1. The standard InChI is InChI=1S/C45H40BNO3/c1-43(2)39-15-11-10-14-35(39)36-24-21-33(27-40(36)43)47(32-19-16-30(17-20-32)29-12-8-7-9-13-29)34-22-25-38-37-23-18-31(26-41(37)48-42(38)28-34)46-49-44(3,4)45(5,6)50-46/h7-28H,1-6H3. The molecule has 0 unspecified atom stereocenters. The fourth-order valence-electron chi connectivity index (χ4n) is 7.76. The van der Waals surface area contributed by atoms with Gasteiger partial charge in [-0.1, -0.05) is 98.8 Å². The Balaban J connectivity index is 1.15. The second kappa shape index (κ2) is 11.0. The van der Waals surface area contributed by atoms with Gasteiger partial charge < -0.3 is 18.6 Å². The lowest BCUT2D eigenvalue weighted by Crippen LogP contribution is -2.41. The van der Waals surface area contributed by atoms with Crippen molar-refractivity contribution in [3.63, 3.8) is 0 Å². The first-order valence-corrected chi connectivity index (χ1v) is 17.5. The molecule has 246 valence electrons. The van der Waals surface area contributed by atoms with E-state index < -0.39 is 18.3 Å². The van der Waals surface area contributed by atoms with Crippen LogP contribution in [-0.2, 0) is 14.7 Å². The van der Waals surface area contributed by atoms with Gasteiger partial charge in [-0.3, -0.25) is 0 Å². The third-order valence-corrected chi connectivity index (χ3v) is 11.3. The molecule has 0 saturated carbocycles. The van der Waals surface area contributed by atoms with E-state index in [2.05, 4.69) is 180 Å². The SMILES string of the molecule is CC1(C)c2ccccc2-c2ccc(N(c3ccc(-c4ccccc4)cc3)c3ccc4c(c3)oc3cc(B5OC(C)(C)C(C)(C)O5)ccc34)cc21. The van der Waals surface area contributed by atoms with Crippen LogP contribution in [0.2, 0.25) is 0 Å². The number of fused-ring (bicyclic) bond motifs is 6. The van der Waals surface area contributed by atoms with Crippen molar-refractivity contribution in [3.8, 4) is 22.3 Å². The lowest BCUT2D eigenvalue weighted by Gasteiger charge is -2.32. The maximum atomic E-state index is 6.61. The van der Waals surface area contributed by atoms with Crippen molar-refractivity contribution >= 4 is 51.6 Å². The monoisotopic (exact) mass is 653 g/mol. The molecule has 0 bridgehead atoms. The quantitative estimate of drug-likeness (QED) is 0.173. The van der Waals surface area contributed by atoms with Crippen LogP contribution in [-0.4, -0.2) is 18.3 Å². The first kappa shape index (κ1) is 30.9. The Labute approximate surface area is 294 Å². The summed E-state index contributed by atoms with van der Waals surface area (Å²) in [7, 11) is -0.447. The molecule has 5 heteroatoms. The van der Waals surface area contributed by atoms with E-state index in [-0.39, 0.29) is 5.41 Å². The largest absolute Gasteiger partial charge is 0.494 e. The summed E-state index contributed by atoms with van der Waals surface area (Å²) in [4.78, 5) is 2.34. The molecule has 1 saturated heterocycles. The van der Waals surface area contributed by atoms with Crippen molar-refractivity contribution in [2.24, 2.45) is 0 Å². The molecule has 1 aliphatic carbocycles. The van der Waals surface area contributed by atoms with Gasteiger partial charge in [0.2, 0.25) is 0 Å². The van der Waals surface area contributed by atoms with Gasteiger partial charge in [0.25, 0.3) is 0 Å². The van der Waals surface area contributed by atoms with Crippen LogP contribution in [0.5, 0.6) is 0 Å². The predicted octanol–water partition coefficient (Wildman–Crippen LogP) is 11.3. The summed E-state index contributed by atoms with van der Waals surface area (Å²) in [5.74, 6) is 0. The third kappa shape index (κ3) is 4.75. The molecule has 7 aromatic rings. The number of benzene rings is 6. The zero-order valence-electron chi connectivity index (χ0n) is 29.5. The van der Waals surface area contributed by atoms with Crippen molar-refractivity contribution in [1.29, 1.82) is 0 Å². The van der Waals surface area contributed by atoms with Gasteiger partial charge in [-0.15, -0.1) is 0 Å². The predicted molar refractivity (Wildman–Crippen MR) is 207 cm³/mol. The third-order valence-electron chi connectivity index (χ3n) is 11.3. The highest BCUT2D eigenvalue weighted by Gasteiger charge is 2.51. The summed E-state index contributed by atoms with van der Waals surface area (Å²) in [6.07, 6.45) is 0. The first-order chi connectivity index (χ1) is 24.0. The average molecular weight is 654 g/mol. The van der Waals surface area contributed by atoms with Gasteiger partial charge in [0, 0.05) is 39.3 Å².